The number of hydrogen-bond donors (Lipinski definition) is 2. The van der Waals surface area contributed by atoms with E-state index in [2.05, 4.69) is 26.3 Å². The predicted octanol–water partition coefficient (Wildman–Crippen LogP) is 0.836. The van der Waals surface area contributed by atoms with Crippen LogP contribution in [0.5, 0.6) is 0 Å². The first-order valence-corrected chi connectivity index (χ1v) is 6.39. The third kappa shape index (κ3) is 4.23. The van der Waals surface area contributed by atoms with Gasteiger partial charge >= 0.3 is 5.97 Å². The van der Waals surface area contributed by atoms with E-state index in [-0.39, 0.29) is 17.9 Å². The minimum Gasteiger partial charge on any atom is -0.459 e. The molecular weight excluding hydrogens is 316 g/mol. The molecule has 1 amide bonds. The molecule has 0 spiro atoms. The quantitative estimate of drug-likeness (QED) is 0.799. The summed E-state index contributed by atoms with van der Waals surface area (Å²) in [4.78, 5) is 23.4. The zero-order chi connectivity index (χ0) is 14.8. The number of nitrogen functional groups attached to an aromatic ring is 1. The minimum atomic E-state index is -0.588. The van der Waals surface area contributed by atoms with Crippen LogP contribution in [-0.4, -0.2) is 33.8 Å². The van der Waals surface area contributed by atoms with Gasteiger partial charge < -0.3 is 15.8 Å². The lowest BCUT2D eigenvalue weighted by Gasteiger charge is -2.19. The number of nitrogens with one attached hydrogen (secondary N) is 1. The number of rotatable bonds is 3. The predicted molar refractivity (Wildman–Crippen MR) is 73.5 cm³/mol. The van der Waals surface area contributed by atoms with Crippen LogP contribution in [0.1, 0.15) is 31.1 Å². The van der Waals surface area contributed by atoms with Crippen molar-refractivity contribution in [1.82, 2.24) is 15.1 Å². The van der Waals surface area contributed by atoms with Crippen LogP contribution < -0.4 is 11.1 Å². The first kappa shape index (κ1) is 15.5. The highest BCUT2D eigenvalue weighted by Crippen LogP contribution is 2.20. The van der Waals surface area contributed by atoms with Crippen molar-refractivity contribution in [3.63, 3.8) is 0 Å². The SMILES string of the molecule is Cn1nc(Br)c(C(=O)NCC(=O)OC(C)(C)C)c1N. The summed E-state index contributed by atoms with van der Waals surface area (Å²) >= 11 is 3.14. The maximum absolute atomic E-state index is 11.9. The van der Waals surface area contributed by atoms with Gasteiger partial charge in [-0.05, 0) is 36.7 Å². The summed E-state index contributed by atoms with van der Waals surface area (Å²) in [6.07, 6.45) is 0. The molecular formula is C11H17BrN4O3. The molecule has 0 fully saturated rings. The van der Waals surface area contributed by atoms with E-state index < -0.39 is 17.5 Å². The molecule has 7 nitrogen and oxygen atoms in total. The molecule has 0 saturated carbocycles. The van der Waals surface area contributed by atoms with Gasteiger partial charge in [0.05, 0.1) is 0 Å². The Bertz CT molecular complexity index is 505. The zero-order valence-electron chi connectivity index (χ0n) is 11.3. The largest absolute Gasteiger partial charge is 0.459 e. The molecule has 0 saturated heterocycles. The molecule has 1 aromatic heterocycles. The Morgan fingerprint density at radius 3 is 2.47 bits per heavy atom. The van der Waals surface area contributed by atoms with E-state index in [1.54, 1.807) is 27.8 Å². The topological polar surface area (TPSA) is 99.2 Å². The molecule has 1 heterocycles. The van der Waals surface area contributed by atoms with Gasteiger partial charge in [0, 0.05) is 7.05 Å². The number of hydrogen-bond acceptors (Lipinski definition) is 5. The van der Waals surface area contributed by atoms with Crippen molar-refractivity contribution >= 4 is 33.6 Å². The molecule has 1 rings (SSSR count). The fourth-order valence-electron chi connectivity index (χ4n) is 1.33. The van der Waals surface area contributed by atoms with E-state index in [9.17, 15) is 9.59 Å². The second-order valence-electron chi connectivity index (χ2n) is 4.94. The summed E-state index contributed by atoms with van der Waals surface area (Å²) in [5, 5.41) is 6.39. The maximum atomic E-state index is 11.9. The van der Waals surface area contributed by atoms with E-state index in [1.165, 1.54) is 4.68 Å². The van der Waals surface area contributed by atoms with Gasteiger partial charge in [-0.2, -0.15) is 5.10 Å². The third-order valence-electron chi connectivity index (χ3n) is 2.09. The fourth-order valence-corrected chi connectivity index (χ4v) is 1.95. The molecule has 0 radical (unpaired) electrons. The molecule has 8 heteroatoms. The van der Waals surface area contributed by atoms with Gasteiger partial charge in [0.25, 0.3) is 5.91 Å². The van der Waals surface area contributed by atoms with Crippen LogP contribution in [0.2, 0.25) is 0 Å². The van der Waals surface area contributed by atoms with Gasteiger partial charge in [0.1, 0.15) is 28.1 Å². The number of nitrogens with zero attached hydrogens (tertiary/aromatic N) is 2. The summed E-state index contributed by atoms with van der Waals surface area (Å²) < 4.78 is 6.77. The number of aromatic nitrogens is 2. The highest BCUT2D eigenvalue weighted by atomic mass is 79.9. The fraction of sp³-hybridized carbons (Fsp3) is 0.545. The van der Waals surface area contributed by atoms with Crippen molar-refractivity contribution in [2.45, 2.75) is 26.4 Å². The molecule has 106 valence electrons. The average molecular weight is 333 g/mol. The van der Waals surface area contributed by atoms with E-state index in [4.69, 9.17) is 10.5 Å². The van der Waals surface area contributed by atoms with Crippen molar-refractivity contribution in [1.29, 1.82) is 0 Å². The smallest absolute Gasteiger partial charge is 0.325 e. The number of aryl methyl sites for hydroxylation is 1. The zero-order valence-corrected chi connectivity index (χ0v) is 12.9. The molecule has 0 aliphatic heterocycles. The second-order valence-corrected chi connectivity index (χ2v) is 5.69. The van der Waals surface area contributed by atoms with Gasteiger partial charge in [0.2, 0.25) is 0 Å². The summed E-state index contributed by atoms with van der Waals surface area (Å²) in [5.74, 6) is -0.781. The molecule has 3 N–H and O–H groups in total. The molecule has 0 aliphatic carbocycles. The van der Waals surface area contributed by atoms with Crippen molar-refractivity contribution in [2.75, 3.05) is 12.3 Å². The summed E-state index contributed by atoms with van der Waals surface area (Å²) in [5.41, 5.74) is 5.32. The van der Waals surface area contributed by atoms with Gasteiger partial charge in [-0.15, -0.1) is 0 Å². The Morgan fingerprint density at radius 2 is 2.05 bits per heavy atom. The second kappa shape index (κ2) is 5.60. The van der Waals surface area contributed by atoms with Crippen LogP contribution in [0.4, 0.5) is 5.82 Å². The van der Waals surface area contributed by atoms with Gasteiger partial charge in [0.15, 0.2) is 0 Å². The molecule has 0 bridgehead atoms. The average Bonchev–Trinajstić information content (AvgIpc) is 2.47. The lowest BCUT2D eigenvalue weighted by atomic mass is 10.2. The van der Waals surface area contributed by atoms with Crippen molar-refractivity contribution < 1.29 is 14.3 Å². The van der Waals surface area contributed by atoms with Crippen LogP contribution in [-0.2, 0) is 16.6 Å². The number of halogens is 1. The standard InChI is InChI=1S/C11H17BrN4O3/c1-11(2,3)19-6(17)5-14-10(18)7-8(12)15-16(4)9(7)13/h5,13H2,1-4H3,(H,14,18). The van der Waals surface area contributed by atoms with Crippen LogP contribution >= 0.6 is 15.9 Å². The van der Waals surface area contributed by atoms with Gasteiger partial charge in [-0.3, -0.25) is 14.3 Å². The highest BCUT2D eigenvalue weighted by Gasteiger charge is 2.21. The lowest BCUT2D eigenvalue weighted by molar-refractivity contribution is -0.153. The Morgan fingerprint density at radius 1 is 1.47 bits per heavy atom. The Labute approximate surface area is 119 Å². The lowest BCUT2D eigenvalue weighted by Crippen LogP contribution is -2.34. The van der Waals surface area contributed by atoms with E-state index in [1.807, 2.05) is 0 Å². The van der Waals surface area contributed by atoms with Crippen LogP contribution in [0, 0.1) is 0 Å². The number of esters is 1. The maximum Gasteiger partial charge on any atom is 0.325 e. The number of ether oxygens (including phenoxy) is 1. The van der Waals surface area contributed by atoms with Crippen molar-refractivity contribution in [2.24, 2.45) is 7.05 Å². The van der Waals surface area contributed by atoms with Crippen LogP contribution in [0.25, 0.3) is 0 Å². The van der Waals surface area contributed by atoms with E-state index in [0.717, 1.165) is 0 Å². The first-order chi connectivity index (χ1) is 8.61. The molecule has 0 aliphatic rings. The normalized spacial score (nSPS) is 11.2. The van der Waals surface area contributed by atoms with E-state index >= 15 is 0 Å². The van der Waals surface area contributed by atoms with Gasteiger partial charge in [-0.25, -0.2) is 0 Å². The minimum absolute atomic E-state index is 0.200. The molecule has 1 aromatic rings. The number of carbonyl (C=O) groups is 2. The number of nitrogens with two attached hydrogens (primary N) is 1. The van der Waals surface area contributed by atoms with Crippen LogP contribution in [0.15, 0.2) is 4.60 Å². The molecule has 0 aromatic carbocycles. The monoisotopic (exact) mass is 332 g/mol. The summed E-state index contributed by atoms with van der Waals surface area (Å²) in [6, 6.07) is 0. The van der Waals surface area contributed by atoms with E-state index in [0.29, 0.717) is 4.60 Å². The Kier molecular flexibility index (Phi) is 4.56. The summed E-state index contributed by atoms with van der Waals surface area (Å²) in [7, 11) is 1.62. The van der Waals surface area contributed by atoms with Crippen molar-refractivity contribution in [3.8, 4) is 0 Å². The Balaban J connectivity index is 2.64. The number of amides is 1. The molecule has 0 unspecified atom stereocenters. The number of carbonyl (C=O) groups excluding carboxylic acids is 2. The van der Waals surface area contributed by atoms with Gasteiger partial charge in [-0.1, -0.05) is 0 Å². The highest BCUT2D eigenvalue weighted by molar-refractivity contribution is 9.10. The van der Waals surface area contributed by atoms with Crippen molar-refractivity contribution in [3.05, 3.63) is 10.2 Å². The van der Waals surface area contributed by atoms with Crippen LogP contribution in [0.3, 0.4) is 0 Å². The Hall–Kier alpha value is -1.57. The number of anilines is 1. The summed E-state index contributed by atoms with van der Waals surface area (Å²) in [6.45, 7) is 5.03. The third-order valence-corrected chi connectivity index (χ3v) is 2.64. The molecule has 0 atom stereocenters. The molecule has 19 heavy (non-hydrogen) atoms. The first-order valence-electron chi connectivity index (χ1n) is 5.60.